The van der Waals surface area contributed by atoms with Crippen LogP contribution in [0.5, 0.6) is 0 Å². The summed E-state index contributed by atoms with van der Waals surface area (Å²) in [5.74, 6) is -17.8. The highest BCUT2D eigenvalue weighted by atomic mass is 16.6. The lowest BCUT2D eigenvalue weighted by Crippen LogP contribution is -2.56. The van der Waals surface area contributed by atoms with Crippen molar-refractivity contribution in [3.05, 3.63) is 0 Å². The van der Waals surface area contributed by atoms with E-state index in [2.05, 4.69) is 31.9 Å². The summed E-state index contributed by atoms with van der Waals surface area (Å²) in [6, 6.07) is -8.38. The van der Waals surface area contributed by atoms with Crippen molar-refractivity contribution in [2.24, 2.45) is 53.3 Å². The van der Waals surface area contributed by atoms with Gasteiger partial charge >= 0.3 is 35.8 Å². The van der Waals surface area contributed by atoms with E-state index in [1.165, 1.54) is 20.8 Å². The van der Waals surface area contributed by atoms with E-state index in [0.29, 0.717) is 0 Å². The minimum absolute atomic E-state index is 0.647. The van der Waals surface area contributed by atoms with E-state index in [0.717, 1.165) is 0 Å². The number of ether oxygens (including phenoxy) is 6. The molecule has 1 aliphatic heterocycles. The van der Waals surface area contributed by atoms with Gasteiger partial charge in [-0.15, -0.1) is 0 Å². The van der Waals surface area contributed by atoms with Crippen LogP contribution in [0.1, 0.15) is 145 Å². The summed E-state index contributed by atoms with van der Waals surface area (Å²) in [6.07, 6.45) is -9.25. The van der Waals surface area contributed by atoms with E-state index in [4.69, 9.17) is 28.4 Å². The SMILES string of the molecule is CC(C)C1NC(=O)[C@@H](C(C)C)OC(=O)C(C(C)C)NC(=O)[C@H](C)OC(=O)C(C(C)C)NC(=O)[C@@H](C(C)C)OC(=O)C(C(C)C)NC(=O)[C@H](C)OC(=O)[C@@H](C(C)C)NC(=O)[C@@H](C(C)C)OC(=O)C(C(C)C)NC(=O)[C@H](C)OC1=O. The van der Waals surface area contributed by atoms with Crippen LogP contribution in [0.15, 0.2) is 0 Å². The Morgan fingerprint density at radius 1 is 0.231 bits per heavy atom. The Labute approximate surface area is 459 Å². The lowest BCUT2D eigenvalue weighted by Gasteiger charge is -2.30. The third-order valence-corrected chi connectivity index (χ3v) is 12.6. The fourth-order valence-electron chi connectivity index (χ4n) is 7.48. The molecule has 1 rings (SSSR count). The second-order valence-electron chi connectivity index (χ2n) is 22.9. The lowest BCUT2D eigenvalue weighted by molar-refractivity contribution is -0.167. The Bertz CT molecular complexity index is 1890. The van der Waals surface area contributed by atoms with Crippen molar-refractivity contribution in [1.29, 1.82) is 0 Å². The molecule has 1 heterocycles. The maximum atomic E-state index is 13.9. The Morgan fingerprint density at radius 2 is 0.372 bits per heavy atom. The van der Waals surface area contributed by atoms with Crippen molar-refractivity contribution in [3.8, 4) is 0 Å². The minimum Gasteiger partial charge on any atom is -0.451 e. The van der Waals surface area contributed by atoms with E-state index in [9.17, 15) is 57.5 Å². The van der Waals surface area contributed by atoms with E-state index >= 15 is 0 Å². The number of hydrogen-bond donors (Lipinski definition) is 6. The third kappa shape index (κ3) is 20.8. The number of hydrogen-bond acceptors (Lipinski definition) is 18. The molecule has 0 aliphatic carbocycles. The largest absolute Gasteiger partial charge is 0.451 e. The van der Waals surface area contributed by atoms with Gasteiger partial charge < -0.3 is 60.3 Å². The van der Waals surface area contributed by atoms with Gasteiger partial charge in [-0.1, -0.05) is 125 Å². The zero-order valence-electron chi connectivity index (χ0n) is 49.5. The maximum absolute atomic E-state index is 13.9. The van der Waals surface area contributed by atoms with Gasteiger partial charge in [0.2, 0.25) is 0 Å². The number of rotatable bonds is 9. The van der Waals surface area contributed by atoms with Crippen molar-refractivity contribution in [2.75, 3.05) is 0 Å². The smallest absolute Gasteiger partial charge is 0.329 e. The van der Waals surface area contributed by atoms with Gasteiger partial charge in [0.15, 0.2) is 36.6 Å². The van der Waals surface area contributed by atoms with Crippen LogP contribution >= 0.6 is 0 Å². The van der Waals surface area contributed by atoms with E-state index in [1.807, 2.05) is 0 Å². The van der Waals surface area contributed by atoms with Crippen LogP contribution in [0.25, 0.3) is 0 Å². The summed E-state index contributed by atoms with van der Waals surface area (Å²) in [4.78, 5) is 165. The molecule has 0 radical (unpaired) electrons. The highest BCUT2D eigenvalue weighted by molar-refractivity contribution is 5.96. The molecular weight excluding hydrogens is 1020 g/mol. The van der Waals surface area contributed by atoms with Crippen molar-refractivity contribution < 1.29 is 86.0 Å². The zero-order chi connectivity index (χ0) is 60.5. The molecule has 12 atom stereocenters. The second kappa shape index (κ2) is 31.3. The number of carbonyl (C=O) groups is 12. The molecule has 0 bridgehead atoms. The predicted molar refractivity (Wildman–Crippen MR) is 281 cm³/mol. The third-order valence-electron chi connectivity index (χ3n) is 12.6. The Hall–Kier alpha value is -6.36. The summed E-state index contributed by atoms with van der Waals surface area (Å²) in [7, 11) is 0. The molecular formula is C54H90N6O18. The molecule has 1 fully saturated rings. The van der Waals surface area contributed by atoms with Crippen LogP contribution in [0.4, 0.5) is 0 Å². The fraction of sp³-hybridized carbons (Fsp3) is 0.778. The van der Waals surface area contributed by atoms with Crippen LogP contribution in [-0.4, -0.2) is 144 Å². The van der Waals surface area contributed by atoms with Gasteiger partial charge in [0.05, 0.1) is 0 Å². The molecule has 1 saturated heterocycles. The normalized spacial score (nSPS) is 28.8. The Kier molecular flexibility index (Phi) is 27.9. The van der Waals surface area contributed by atoms with E-state index in [1.54, 1.807) is 125 Å². The summed E-state index contributed by atoms with van der Waals surface area (Å²) in [6.45, 7) is 32.1. The first-order valence-corrected chi connectivity index (χ1v) is 26.9. The fourth-order valence-corrected chi connectivity index (χ4v) is 7.48. The standard InChI is InChI=1S/C54H90N6O18/c1-22(2)34-49(67)73-31(19)43(61)55-38(26(9)10)53(71)77-41(29(15)16)47(65)59-36(24(5)6)51(69)75-33(21)45(63)57-39(27(11)12)54(72)78-42(30(17)18)48(66)60-35(23(3)4)50(68)74-32(20)44(62)56-37(25(7)8)52(70)76-40(28(13)14)46(64)58-34/h22-42H,1-21H3,(H,55,61)(H,56,62)(H,57,63)(H,58,64)(H,59,65)(H,60,66)/t31-,32-,33-,34+,35?,36?,37?,38?,39?,40+,41+,42+/m0/s1. The van der Waals surface area contributed by atoms with Gasteiger partial charge in [-0.25, -0.2) is 28.8 Å². The quantitative estimate of drug-likeness (QED) is 0.143. The predicted octanol–water partition coefficient (Wildman–Crippen LogP) is 2.34. The maximum Gasteiger partial charge on any atom is 0.329 e. The van der Waals surface area contributed by atoms with Crippen LogP contribution in [0.3, 0.4) is 0 Å². The van der Waals surface area contributed by atoms with Crippen LogP contribution in [0, 0.1) is 53.3 Å². The zero-order valence-corrected chi connectivity index (χ0v) is 49.5. The monoisotopic (exact) mass is 1110 g/mol. The molecule has 0 aromatic heterocycles. The van der Waals surface area contributed by atoms with Gasteiger partial charge in [-0.3, -0.25) is 28.8 Å². The highest BCUT2D eigenvalue weighted by Crippen LogP contribution is 2.19. The average molecular weight is 1110 g/mol. The second-order valence-corrected chi connectivity index (χ2v) is 22.9. The molecule has 1 aliphatic rings. The summed E-state index contributed by atoms with van der Waals surface area (Å²) >= 11 is 0. The summed E-state index contributed by atoms with van der Waals surface area (Å²) in [5.41, 5.74) is 0. The van der Waals surface area contributed by atoms with Crippen LogP contribution < -0.4 is 31.9 Å². The molecule has 0 aromatic carbocycles. The molecule has 6 N–H and O–H groups in total. The number of amides is 6. The molecule has 0 spiro atoms. The molecule has 5 unspecified atom stereocenters. The molecule has 78 heavy (non-hydrogen) atoms. The molecule has 0 saturated carbocycles. The summed E-state index contributed by atoms with van der Waals surface area (Å²) in [5, 5.41) is 15.1. The topological polar surface area (TPSA) is 332 Å². The van der Waals surface area contributed by atoms with Gasteiger partial charge in [0, 0.05) is 0 Å². The molecule has 6 amide bonds. The van der Waals surface area contributed by atoms with Crippen molar-refractivity contribution in [2.45, 2.75) is 218 Å². The van der Waals surface area contributed by atoms with Crippen molar-refractivity contribution >= 4 is 71.3 Å². The first kappa shape index (κ1) is 69.7. The Balaban J connectivity index is 3.87. The van der Waals surface area contributed by atoms with Gasteiger partial charge in [0.25, 0.3) is 35.4 Å². The van der Waals surface area contributed by atoms with Gasteiger partial charge in [-0.2, -0.15) is 0 Å². The lowest BCUT2D eigenvalue weighted by atomic mass is 10.0. The van der Waals surface area contributed by atoms with Crippen LogP contribution in [0.2, 0.25) is 0 Å². The number of carbonyl (C=O) groups excluding carboxylic acids is 12. The van der Waals surface area contributed by atoms with Gasteiger partial charge in [-0.05, 0) is 74.0 Å². The van der Waals surface area contributed by atoms with Crippen LogP contribution in [-0.2, 0) is 86.0 Å². The van der Waals surface area contributed by atoms with Gasteiger partial charge in [0.1, 0.15) is 36.3 Å². The van der Waals surface area contributed by atoms with E-state index < -0.39 is 197 Å². The summed E-state index contributed by atoms with van der Waals surface area (Å²) < 4.78 is 33.5. The molecule has 444 valence electrons. The minimum atomic E-state index is -1.55. The molecule has 24 nitrogen and oxygen atoms in total. The first-order chi connectivity index (χ1) is 35.9. The number of nitrogens with one attached hydrogen (secondary N) is 6. The van der Waals surface area contributed by atoms with Crippen molar-refractivity contribution in [3.63, 3.8) is 0 Å². The number of cyclic esters (lactones) is 6. The molecule has 0 aromatic rings. The highest BCUT2D eigenvalue weighted by Gasteiger charge is 2.42. The first-order valence-electron chi connectivity index (χ1n) is 26.9. The number of esters is 6. The Morgan fingerprint density at radius 3 is 0.513 bits per heavy atom. The van der Waals surface area contributed by atoms with Crippen molar-refractivity contribution in [1.82, 2.24) is 31.9 Å². The average Bonchev–Trinajstić information content (AvgIpc) is 3.31. The van der Waals surface area contributed by atoms with E-state index in [-0.39, 0.29) is 0 Å². The molecule has 24 heteroatoms.